The zero-order chi connectivity index (χ0) is 12.3. The molecule has 0 aliphatic heterocycles. The third-order valence-corrected chi connectivity index (χ3v) is 2.94. The van der Waals surface area contributed by atoms with Gasteiger partial charge in [-0.15, -0.1) is 0 Å². The van der Waals surface area contributed by atoms with E-state index in [1.165, 1.54) is 12.2 Å². The van der Waals surface area contributed by atoms with Gasteiger partial charge in [-0.25, -0.2) is 9.59 Å². The van der Waals surface area contributed by atoms with E-state index < -0.39 is 0 Å². The van der Waals surface area contributed by atoms with Gasteiger partial charge in [-0.1, -0.05) is 0 Å². The van der Waals surface area contributed by atoms with Crippen LogP contribution >= 0.6 is 0 Å². The van der Waals surface area contributed by atoms with Crippen LogP contribution in [-0.4, -0.2) is 12.2 Å². The fraction of sp³-hybridized carbons (Fsp3) is 0.333. The fourth-order valence-electron chi connectivity index (χ4n) is 1.64. The maximum absolute atomic E-state index is 10.4. The molecule has 4 heteroatoms. The van der Waals surface area contributed by atoms with E-state index in [9.17, 15) is 9.59 Å². The lowest BCUT2D eigenvalue weighted by Gasteiger charge is -2.13. The molecule has 0 saturated heterocycles. The van der Waals surface area contributed by atoms with Crippen LogP contribution in [0, 0.1) is 27.7 Å². The quantitative estimate of drug-likeness (QED) is 0.563. The van der Waals surface area contributed by atoms with E-state index in [0.717, 1.165) is 22.3 Å². The second kappa shape index (κ2) is 4.67. The molecular weight excluding hydrogens is 204 g/mol. The lowest BCUT2D eigenvalue weighted by Crippen LogP contribution is -1.92. The molecule has 1 aromatic rings. The highest BCUT2D eigenvalue weighted by atomic mass is 16.1. The van der Waals surface area contributed by atoms with Crippen molar-refractivity contribution in [2.75, 3.05) is 0 Å². The number of rotatable bonds is 2. The molecule has 0 atom stereocenters. The van der Waals surface area contributed by atoms with Crippen LogP contribution in [0.1, 0.15) is 22.3 Å². The van der Waals surface area contributed by atoms with Crippen molar-refractivity contribution in [1.82, 2.24) is 0 Å². The summed E-state index contributed by atoms with van der Waals surface area (Å²) in [6, 6.07) is 0. The normalized spacial score (nSPS) is 9.25. The number of hydrogen-bond acceptors (Lipinski definition) is 4. The SMILES string of the molecule is Cc1c(C)c(C)c(N=C=O)c(N=C=O)c1C. The molecule has 4 nitrogen and oxygen atoms in total. The molecule has 82 valence electrons. The van der Waals surface area contributed by atoms with Gasteiger partial charge in [0.25, 0.3) is 0 Å². The average Bonchev–Trinajstić information content (AvgIpc) is 2.28. The number of nitrogens with zero attached hydrogens (tertiary/aromatic N) is 2. The molecule has 0 aliphatic rings. The Morgan fingerprint density at radius 1 is 0.688 bits per heavy atom. The molecule has 16 heavy (non-hydrogen) atoms. The number of carbonyl (C=O) groups excluding carboxylic acids is 2. The van der Waals surface area contributed by atoms with Gasteiger partial charge in [0.15, 0.2) is 0 Å². The van der Waals surface area contributed by atoms with Crippen molar-refractivity contribution in [1.29, 1.82) is 0 Å². The van der Waals surface area contributed by atoms with E-state index in [4.69, 9.17) is 0 Å². The number of hydrogen-bond donors (Lipinski definition) is 0. The Balaban J connectivity index is 3.81. The first-order valence-corrected chi connectivity index (χ1v) is 4.80. The average molecular weight is 216 g/mol. The van der Waals surface area contributed by atoms with Crippen molar-refractivity contribution in [3.05, 3.63) is 22.3 Å². The first-order valence-electron chi connectivity index (χ1n) is 4.80. The Bertz CT molecular complexity index is 486. The molecule has 0 aliphatic carbocycles. The standard InChI is InChI=1S/C12H12N2O2/c1-7-8(2)10(4)12(14-6-16)11(9(7)3)13-5-15/h1-4H3. The van der Waals surface area contributed by atoms with Gasteiger partial charge in [0.2, 0.25) is 12.2 Å². The molecule has 0 saturated carbocycles. The number of isocyanates is 2. The highest BCUT2D eigenvalue weighted by molar-refractivity contribution is 5.77. The fourth-order valence-corrected chi connectivity index (χ4v) is 1.64. The zero-order valence-electron chi connectivity index (χ0n) is 9.71. The second-order valence-corrected chi connectivity index (χ2v) is 3.60. The molecule has 1 rings (SSSR count). The Morgan fingerprint density at radius 3 is 1.25 bits per heavy atom. The first kappa shape index (κ1) is 12.1. The molecule has 0 bridgehead atoms. The third kappa shape index (κ3) is 1.84. The minimum atomic E-state index is 0.402. The van der Waals surface area contributed by atoms with E-state index in [2.05, 4.69) is 9.98 Å². The molecule has 0 N–H and O–H groups in total. The van der Waals surface area contributed by atoms with Gasteiger partial charge in [0.1, 0.15) is 11.4 Å². The van der Waals surface area contributed by atoms with E-state index in [1.54, 1.807) is 0 Å². The lowest BCUT2D eigenvalue weighted by atomic mass is 9.96. The topological polar surface area (TPSA) is 58.9 Å². The molecule has 0 spiro atoms. The summed E-state index contributed by atoms with van der Waals surface area (Å²) < 4.78 is 0. The summed E-state index contributed by atoms with van der Waals surface area (Å²) in [7, 11) is 0. The summed E-state index contributed by atoms with van der Waals surface area (Å²) in [5.41, 5.74) is 4.55. The smallest absolute Gasteiger partial charge is 0.211 e. The Labute approximate surface area is 93.7 Å². The molecule has 0 heterocycles. The van der Waals surface area contributed by atoms with Crippen LogP contribution in [0.15, 0.2) is 9.98 Å². The molecule has 0 radical (unpaired) electrons. The summed E-state index contributed by atoms with van der Waals surface area (Å²) in [5.74, 6) is 0. The molecule has 0 amide bonds. The number of aliphatic imine (C=N–C) groups is 2. The highest BCUT2D eigenvalue weighted by Gasteiger charge is 2.14. The van der Waals surface area contributed by atoms with Crippen molar-refractivity contribution < 1.29 is 9.59 Å². The van der Waals surface area contributed by atoms with Crippen LogP contribution in [0.25, 0.3) is 0 Å². The van der Waals surface area contributed by atoms with Crippen molar-refractivity contribution in [3.8, 4) is 0 Å². The molecule has 1 aromatic carbocycles. The Hall–Kier alpha value is -2.02. The maximum Gasteiger partial charge on any atom is 0.240 e. The predicted octanol–water partition coefficient (Wildman–Crippen LogP) is 2.85. The minimum absolute atomic E-state index is 0.402. The maximum atomic E-state index is 10.4. The second-order valence-electron chi connectivity index (χ2n) is 3.60. The largest absolute Gasteiger partial charge is 0.240 e. The van der Waals surface area contributed by atoms with E-state index in [1.807, 2.05) is 27.7 Å². The molecule has 0 unspecified atom stereocenters. The molecular formula is C12H12N2O2. The third-order valence-electron chi connectivity index (χ3n) is 2.94. The van der Waals surface area contributed by atoms with Crippen molar-refractivity contribution in [2.45, 2.75) is 27.7 Å². The van der Waals surface area contributed by atoms with Crippen molar-refractivity contribution in [3.63, 3.8) is 0 Å². The van der Waals surface area contributed by atoms with E-state index >= 15 is 0 Å². The first-order chi connectivity index (χ1) is 7.54. The monoisotopic (exact) mass is 216 g/mol. The summed E-state index contributed by atoms with van der Waals surface area (Å²) >= 11 is 0. The summed E-state index contributed by atoms with van der Waals surface area (Å²) in [6.45, 7) is 7.55. The van der Waals surface area contributed by atoms with Crippen LogP contribution in [0.4, 0.5) is 11.4 Å². The number of benzene rings is 1. The van der Waals surface area contributed by atoms with Crippen molar-refractivity contribution >= 4 is 23.5 Å². The van der Waals surface area contributed by atoms with Crippen LogP contribution < -0.4 is 0 Å². The minimum Gasteiger partial charge on any atom is -0.211 e. The summed E-state index contributed by atoms with van der Waals surface area (Å²) in [4.78, 5) is 27.9. The van der Waals surface area contributed by atoms with E-state index in [0.29, 0.717) is 11.4 Å². The van der Waals surface area contributed by atoms with Gasteiger partial charge >= 0.3 is 0 Å². The molecule has 0 aromatic heterocycles. The van der Waals surface area contributed by atoms with Gasteiger partial charge in [-0.05, 0) is 49.9 Å². The van der Waals surface area contributed by atoms with Gasteiger partial charge in [0.05, 0.1) is 0 Å². The Morgan fingerprint density at radius 2 is 1.00 bits per heavy atom. The summed E-state index contributed by atoms with van der Waals surface area (Å²) in [6.07, 6.45) is 2.97. The zero-order valence-corrected chi connectivity index (χ0v) is 9.71. The predicted molar refractivity (Wildman–Crippen MR) is 61.0 cm³/mol. The van der Waals surface area contributed by atoms with Gasteiger partial charge in [-0.2, -0.15) is 9.98 Å². The van der Waals surface area contributed by atoms with Gasteiger partial charge < -0.3 is 0 Å². The van der Waals surface area contributed by atoms with Crippen LogP contribution in [0.5, 0.6) is 0 Å². The van der Waals surface area contributed by atoms with Gasteiger partial charge in [-0.3, -0.25) is 0 Å². The van der Waals surface area contributed by atoms with Gasteiger partial charge in [0, 0.05) is 0 Å². The van der Waals surface area contributed by atoms with Crippen LogP contribution in [-0.2, 0) is 9.59 Å². The van der Waals surface area contributed by atoms with Crippen molar-refractivity contribution in [2.24, 2.45) is 9.98 Å². The Kier molecular flexibility index (Phi) is 3.51. The lowest BCUT2D eigenvalue weighted by molar-refractivity contribution is 0.564. The van der Waals surface area contributed by atoms with E-state index in [-0.39, 0.29) is 0 Å². The van der Waals surface area contributed by atoms with Crippen LogP contribution in [0.2, 0.25) is 0 Å². The molecule has 0 fully saturated rings. The highest BCUT2D eigenvalue weighted by Crippen LogP contribution is 2.38. The summed E-state index contributed by atoms with van der Waals surface area (Å²) in [5, 5.41) is 0. The van der Waals surface area contributed by atoms with Crippen LogP contribution in [0.3, 0.4) is 0 Å².